The molecule has 4 nitrogen and oxygen atoms in total. The second-order valence-electron chi connectivity index (χ2n) is 4.77. The Morgan fingerprint density at radius 3 is 2.86 bits per heavy atom. The molecular formula is C16H22N2O2S. The third-order valence-electron chi connectivity index (χ3n) is 3.04. The third-order valence-corrected chi connectivity index (χ3v) is 4.18. The number of ether oxygens (including phenoxy) is 2. The van der Waals surface area contributed by atoms with Crippen LogP contribution in [-0.2, 0) is 17.7 Å². The Labute approximate surface area is 130 Å². The van der Waals surface area contributed by atoms with Crippen LogP contribution in [0.5, 0.6) is 5.75 Å². The second-order valence-corrected chi connectivity index (χ2v) is 5.97. The number of benzene rings is 1. The molecule has 1 heterocycles. The molecule has 1 aromatic carbocycles. The molecule has 21 heavy (non-hydrogen) atoms. The highest BCUT2D eigenvalue weighted by atomic mass is 32.1. The molecule has 0 unspecified atom stereocenters. The molecule has 0 fully saturated rings. The van der Waals surface area contributed by atoms with E-state index in [-0.39, 0.29) is 0 Å². The van der Waals surface area contributed by atoms with E-state index in [0.717, 1.165) is 24.4 Å². The summed E-state index contributed by atoms with van der Waals surface area (Å²) >= 11 is 1.75. The zero-order chi connectivity index (χ0) is 15.1. The molecule has 1 aromatic heterocycles. The monoisotopic (exact) mass is 306 g/mol. The van der Waals surface area contributed by atoms with Crippen molar-refractivity contribution in [2.24, 2.45) is 0 Å². The number of aromatic nitrogens is 1. The molecule has 2 aromatic rings. The lowest BCUT2D eigenvalue weighted by molar-refractivity contribution is 0.146. The average molecular weight is 306 g/mol. The zero-order valence-electron chi connectivity index (χ0n) is 12.8. The van der Waals surface area contributed by atoms with E-state index in [1.54, 1.807) is 18.4 Å². The van der Waals surface area contributed by atoms with Crippen LogP contribution in [0, 0.1) is 6.92 Å². The fourth-order valence-electron chi connectivity index (χ4n) is 1.91. The van der Waals surface area contributed by atoms with Crippen molar-refractivity contribution in [2.75, 3.05) is 25.6 Å². The van der Waals surface area contributed by atoms with Crippen molar-refractivity contribution in [1.29, 1.82) is 0 Å². The number of nitrogens with zero attached hydrogens (tertiary/aromatic N) is 1. The first kappa shape index (κ1) is 15.8. The lowest BCUT2D eigenvalue weighted by Gasteiger charge is -2.13. The summed E-state index contributed by atoms with van der Waals surface area (Å²) in [5, 5.41) is 4.60. The van der Waals surface area contributed by atoms with Crippen LogP contribution in [-0.4, -0.2) is 25.3 Å². The summed E-state index contributed by atoms with van der Waals surface area (Å²) in [6.45, 7) is 6.08. The Kier molecular flexibility index (Phi) is 6.02. The normalized spacial score (nSPS) is 10.6. The standard InChI is InChI=1S/C16H22N2O2S/c1-4-16-18-11-13(21-16)10-17-14-6-5-12(2)9-15(14)20-8-7-19-3/h5-6,9,11,17H,4,7-8,10H2,1-3H3. The van der Waals surface area contributed by atoms with E-state index in [4.69, 9.17) is 9.47 Å². The van der Waals surface area contributed by atoms with Crippen LogP contribution >= 0.6 is 11.3 Å². The maximum Gasteiger partial charge on any atom is 0.142 e. The fourth-order valence-corrected chi connectivity index (χ4v) is 2.71. The second kappa shape index (κ2) is 8.00. The van der Waals surface area contributed by atoms with Crippen molar-refractivity contribution in [3.8, 4) is 5.75 Å². The van der Waals surface area contributed by atoms with Gasteiger partial charge in [-0.05, 0) is 31.0 Å². The molecule has 0 saturated heterocycles. The molecule has 0 bridgehead atoms. The van der Waals surface area contributed by atoms with Gasteiger partial charge in [0.2, 0.25) is 0 Å². The van der Waals surface area contributed by atoms with E-state index >= 15 is 0 Å². The molecule has 2 rings (SSSR count). The molecule has 0 saturated carbocycles. The Morgan fingerprint density at radius 1 is 1.29 bits per heavy atom. The molecule has 0 aliphatic carbocycles. The summed E-state index contributed by atoms with van der Waals surface area (Å²) in [5.74, 6) is 0.868. The predicted molar refractivity (Wildman–Crippen MR) is 87.4 cm³/mol. The van der Waals surface area contributed by atoms with Gasteiger partial charge in [-0.15, -0.1) is 11.3 Å². The van der Waals surface area contributed by atoms with Crippen molar-refractivity contribution >= 4 is 17.0 Å². The van der Waals surface area contributed by atoms with Crippen molar-refractivity contribution < 1.29 is 9.47 Å². The molecule has 5 heteroatoms. The van der Waals surface area contributed by atoms with E-state index in [9.17, 15) is 0 Å². The van der Waals surface area contributed by atoms with Gasteiger partial charge < -0.3 is 14.8 Å². The molecule has 114 valence electrons. The molecule has 0 radical (unpaired) electrons. The zero-order valence-corrected chi connectivity index (χ0v) is 13.6. The van der Waals surface area contributed by atoms with Crippen LogP contribution in [0.4, 0.5) is 5.69 Å². The van der Waals surface area contributed by atoms with E-state index < -0.39 is 0 Å². The Hall–Kier alpha value is -1.59. The number of aryl methyl sites for hydroxylation is 2. The highest BCUT2D eigenvalue weighted by Crippen LogP contribution is 2.27. The molecular weight excluding hydrogens is 284 g/mol. The molecule has 0 amide bonds. The van der Waals surface area contributed by atoms with Gasteiger partial charge in [-0.3, -0.25) is 0 Å². The minimum absolute atomic E-state index is 0.551. The molecule has 0 spiro atoms. The first-order chi connectivity index (χ1) is 10.2. The van der Waals surface area contributed by atoms with Gasteiger partial charge >= 0.3 is 0 Å². The number of hydrogen-bond acceptors (Lipinski definition) is 5. The van der Waals surface area contributed by atoms with Gasteiger partial charge in [0.15, 0.2) is 0 Å². The summed E-state index contributed by atoms with van der Waals surface area (Å²) in [4.78, 5) is 5.61. The van der Waals surface area contributed by atoms with E-state index in [1.807, 2.05) is 12.3 Å². The van der Waals surface area contributed by atoms with Crippen molar-refractivity contribution in [2.45, 2.75) is 26.8 Å². The molecule has 0 atom stereocenters. The van der Waals surface area contributed by atoms with Gasteiger partial charge in [0.05, 0.1) is 23.8 Å². The van der Waals surface area contributed by atoms with E-state index in [0.29, 0.717) is 13.2 Å². The maximum atomic E-state index is 5.77. The van der Waals surface area contributed by atoms with Crippen LogP contribution in [0.15, 0.2) is 24.4 Å². The molecule has 1 N–H and O–H groups in total. The highest BCUT2D eigenvalue weighted by molar-refractivity contribution is 7.11. The van der Waals surface area contributed by atoms with E-state index in [1.165, 1.54) is 15.4 Å². The van der Waals surface area contributed by atoms with Crippen LogP contribution < -0.4 is 10.1 Å². The topological polar surface area (TPSA) is 43.4 Å². The number of nitrogens with one attached hydrogen (secondary N) is 1. The van der Waals surface area contributed by atoms with Crippen LogP contribution in [0.2, 0.25) is 0 Å². The van der Waals surface area contributed by atoms with Crippen molar-refractivity contribution in [3.05, 3.63) is 39.8 Å². The Morgan fingerprint density at radius 2 is 2.14 bits per heavy atom. The van der Waals surface area contributed by atoms with Crippen LogP contribution in [0.3, 0.4) is 0 Å². The predicted octanol–water partition coefficient (Wildman–Crippen LogP) is 3.65. The van der Waals surface area contributed by atoms with Gasteiger partial charge in [0.25, 0.3) is 0 Å². The first-order valence-electron chi connectivity index (χ1n) is 7.12. The summed E-state index contributed by atoms with van der Waals surface area (Å²) in [6.07, 6.45) is 2.93. The quantitative estimate of drug-likeness (QED) is 0.756. The lowest BCUT2D eigenvalue weighted by atomic mass is 10.2. The molecule has 0 aliphatic rings. The number of hydrogen-bond donors (Lipinski definition) is 1. The minimum atomic E-state index is 0.551. The van der Waals surface area contributed by atoms with Gasteiger partial charge in [-0.2, -0.15) is 0 Å². The molecule has 0 aliphatic heterocycles. The minimum Gasteiger partial charge on any atom is -0.489 e. The van der Waals surface area contributed by atoms with Crippen molar-refractivity contribution in [3.63, 3.8) is 0 Å². The smallest absolute Gasteiger partial charge is 0.142 e. The highest BCUT2D eigenvalue weighted by Gasteiger charge is 2.06. The van der Waals surface area contributed by atoms with Gasteiger partial charge in [-0.25, -0.2) is 4.98 Å². The summed E-state index contributed by atoms with van der Waals surface area (Å²) < 4.78 is 10.8. The third kappa shape index (κ3) is 4.72. The summed E-state index contributed by atoms with van der Waals surface area (Å²) in [5.41, 5.74) is 2.18. The van der Waals surface area contributed by atoms with E-state index in [2.05, 4.69) is 36.3 Å². The van der Waals surface area contributed by atoms with Gasteiger partial charge in [-0.1, -0.05) is 13.0 Å². The van der Waals surface area contributed by atoms with Crippen LogP contribution in [0.25, 0.3) is 0 Å². The van der Waals surface area contributed by atoms with Crippen LogP contribution in [0.1, 0.15) is 22.4 Å². The Bertz CT molecular complexity index is 569. The lowest BCUT2D eigenvalue weighted by Crippen LogP contribution is -2.07. The summed E-state index contributed by atoms with van der Waals surface area (Å²) in [7, 11) is 1.67. The van der Waals surface area contributed by atoms with Gasteiger partial charge in [0, 0.05) is 18.2 Å². The first-order valence-corrected chi connectivity index (χ1v) is 7.94. The number of methoxy groups -OCH3 is 1. The van der Waals surface area contributed by atoms with Gasteiger partial charge in [0.1, 0.15) is 12.4 Å². The Balaban J connectivity index is 2.00. The fraction of sp³-hybridized carbons (Fsp3) is 0.438. The SMILES string of the molecule is CCc1ncc(CNc2ccc(C)cc2OCCOC)s1. The number of rotatable bonds is 8. The maximum absolute atomic E-state index is 5.77. The average Bonchev–Trinajstić information content (AvgIpc) is 2.95. The van der Waals surface area contributed by atoms with Crippen molar-refractivity contribution in [1.82, 2.24) is 4.98 Å². The summed E-state index contributed by atoms with van der Waals surface area (Å²) in [6, 6.07) is 6.18. The number of anilines is 1. The largest absolute Gasteiger partial charge is 0.489 e. The number of thiazole rings is 1.